The Morgan fingerprint density at radius 1 is 1.44 bits per heavy atom. The zero-order valence-electron chi connectivity index (χ0n) is 9.82. The zero-order valence-corrected chi connectivity index (χ0v) is 9.82. The first-order valence-electron chi connectivity index (χ1n) is 5.82. The largest absolute Gasteiger partial charge is 0.481 e. The lowest BCUT2D eigenvalue weighted by molar-refractivity contribution is -0.146. The molecule has 3 N–H and O–H groups in total. The van der Waals surface area contributed by atoms with Crippen LogP contribution in [-0.4, -0.2) is 35.6 Å². The van der Waals surface area contributed by atoms with Crippen LogP contribution in [0.4, 0.5) is 0 Å². The number of hydrogen-bond acceptors (Lipinski definition) is 3. The van der Waals surface area contributed by atoms with Crippen molar-refractivity contribution in [2.75, 3.05) is 6.54 Å². The number of carboxylic acids is 1. The summed E-state index contributed by atoms with van der Waals surface area (Å²) in [5.74, 6) is -1.16. The van der Waals surface area contributed by atoms with Gasteiger partial charge in [-0.25, -0.2) is 0 Å². The van der Waals surface area contributed by atoms with Crippen molar-refractivity contribution in [2.45, 2.75) is 45.2 Å². The predicted molar refractivity (Wildman–Crippen MR) is 60.0 cm³/mol. The van der Waals surface area contributed by atoms with Crippen molar-refractivity contribution in [1.82, 2.24) is 10.6 Å². The van der Waals surface area contributed by atoms with Crippen LogP contribution in [0.15, 0.2) is 0 Å². The van der Waals surface area contributed by atoms with E-state index < -0.39 is 5.97 Å². The van der Waals surface area contributed by atoms with Gasteiger partial charge in [0.05, 0.1) is 12.0 Å². The first kappa shape index (κ1) is 13.0. The molecule has 5 heteroatoms. The van der Waals surface area contributed by atoms with Gasteiger partial charge in [0.1, 0.15) is 0 Å². The van der Waals surface area contributed by atoms with Gasteiger partial charge in [0.25, 0.3) is 0 Å². The van der Waals surface area contributed by atoms with E-state index in [1.54, 1.807) is 6.92 Å². The van der Waals surface area contributed by atoms with Gasteiger partial charge in [-0.2, -0.15) is 0 Å². The molecule has 1 aliphatic carbocycles. The minimum absolute atomic E-state index is 0.0557. The molecular weight excluding hydrogens is 208 g/mol. The van der Waals surface area contributed by atoms with Gasteiger partial charge in [0, 0.05) is 12.6 Å². The van der Waals surface area contributed by atoms with Crippen LogP contribution in [0, 0.1) is 5.92 Å². The number of carboxylic acid groups (broad SMARTS) is 1. The Morgan fingerprint density at radius 2 is 2.12 bits per heavy atom. The Kier molecular flexibility index (Phi) is 4.73. The second-order valence-corrected chi connectivity index (χ2v) is 4.31. The van der Waals surface area contributed by atoms with Crippen LogP contribution in [0.1, 0.15) is 33.1 Å². The highest BCUT2D eigenvalue weighted by Gasteiger charge is 2.37. The molecule has 0 aromatic heterocycles. The molecule has 1 saturated carbocycles. The minimum atomic E-state index is -0.773. The van der Waals surface area contributed by atoms with Crippen LogP contribution in [0.3, 0.4) is 0 Å². The van der Waals surface area contributed by atoms with Crippen LogP contribution in [0.2, 0.25) is 0 Å². The van der Waals surface area contributed by atoms with E-state index in [9.17, 15) is 9.59 Å². The lowest BCUT2D eigenvalue weighted by Gasteiger charge is -2.35. The first-order valence-corrected chi connectivity index (χ1v) is 5.82. The normalized spacial score (nSPS) is 25.6. The van der Waals surface area contributed by atoms with Gasteiger partial charge >= 0.3 is 5.97 Å². The number of amides is 1. The quantitative estimate of drug-likeness (QED) is 0.613. The molecule has 0 spiro atoms. The molecule has 3 atom stereocenters. The smallest absolute Gasteiger partial charge is 0.308 e. The maximum atomic E-state index is 11.5. The fourth-order valence-electron chi connectivity index (χ4n) is 1.79. The molecule has 0 saturated heterocycles. The number of nitrogens with one attached hydrogen (secondary N) is 2. The maximum Gasteiger partial charge on any atom is 0.308 e. The monoisotopic (exact) mass is 228 g/mol. The van der Waals surface area contributed by atoms with E-state index in [-0.39, 0.29) is 23.9 Å². The average molecular weight is 228 g/mol. The van der Waals surface area contributed by atoms with Crippen LogP contribution in [0.5, 0.6) is 0 Å². The lowest BCUT2D eigenvalue weighted by Crippen LogP contribution is -2.54. The third-order valence-electron chi connectivity index (χ3n) is 3.00. The maximum absolute atomic E-state index is 11.5. The average Bonchev–Trinajstić information content (AvgIpc) is 2.19. The first-order chi connectivity index (χ1) is 7.56. The highest BCUT2D eigenvalue weighted by atomic mass is 16.4. The Morgan fingerprint density at radius 3 is 2.56 bits per heavy atom. The molecule has 3 unspecified atom stereocenters. The molecule has 1 fully saturated rings. The Labute approximate surface area is 95.6 Å². The van der Waals surface area contributed by atoms with E-state index in [2.05, 4.69) is 10.6 Å². The number of carbonyl (C=O) groups excluding carboxylic acids is 1. The topological polar surface area (TPSA) is 78.4 Å². The number of aliphatic carboxylic acids is 1. The Bertz CT molecular complexity index is 268. The van der Waals surface area contributed by atoms with E-state index in [4.69, 9.17) is 5.11 Å². The zero-order chi connectivity index (χ0) is 12.1. The van der Waals surface area contributed by atoms with Crippen molar-refractivity contribution in [3.63, 3.8) is 0 Å². The van der Waals surface area contributed by atoms with Crippen molar-refractivity contribution < 1.29 is 14.7 Å². The second kappa shape index (κ2) is 5.84. The van der Waals surface area contributed by atoms with Gasteiger partial charge in [0.15, 0.2) is 0 Å². The van der Waals surface area contributed by atoms with E-state index >= 15 is 0 Å². The van der Waals surface area contributed by atoms with E-state index in [0.717, 1.165) is 12.8 Å². The summed E-state index contributed by atoms with van der Waals surface area (Å²) < 4.78 is 0. The molecular formula is C11H20N2O3. The Hall–Kier alpha value is -1.10. The molecule has 16 heavy (non-hydrogen) atoms. The highest BCUT2D eigenvalue weighted by molar-refractivity contribution is 5.81. The summed E-state index contributed by atoms with van der Waals surface area (Å²) in [5, 5.41) is 14.7. The summed E-state index contributed by atoms with van der Waals surface area (Å²) >= 11 is 0. The van der Waals surface area contributed by atoms with Gasteiger partial charge < -0.3 is 15.7 Å². The molecule has 0 radical (unpaired) electrons. The Balaban J connectivity index is 2.31. The number of carbonyl (C=O) groups is 2. The third kappa shape index (κ3) is 3.20. The number of rotatable bonds is 6. The predicted octanol–water partition coefficient (Wildman–Crippen LogP) is 0.354. The molecule has 92 valence electrons. The summed E-state index contributed by atoms with van der Waals surface area (Å²) in [6, 6.07) is -0.376. The van der Waals surface area contributed by atoms with Crippen LogP contribution >= 0.6 is 0 Å². The van der Waals surface area contributed by atoms with Gasteiger partial charge in [0.2, 0.25) is 5.91 Å². The molecule has 1 amide bonds. The van der Waals surface area contributed by atoms with Crippen LogP contribution in [-0.2, 0) is 9.59 Å². The molecule has 0 aromatic rings. The summed E-state index contributed by atoms with van der Waals surface area (Å²) in [5.41, 5.74) is 0. The highest BCUT2D eigenvalue weighted by Crippen LogP contribution is 2.27. The summed E-state index contributed by atoms with van der Waals surface area (Å²) in [6.07, 6.45) is 2.44. The summed E-state index contributed by atoms with van der Waals surface area (Å²) in [7, 11) is 0. The number of hydrogen-bond donors (Lipinski definition) is 3. The molecule has 0 heterocycles. The molecule has 0 aliphatic heterocycles. The summed E-state index contributed by atoms with van der Waals surface area (Å²) in [6.45, 7) is 4.42. The standard InChI is InChI=1S/C11H20N2O3/c1-3-6-12-10(14)7(2)13-9-5-4-8(9)11(15)16/h7-9,13H,3-6H2,1-2H3,(H,12,14)(H,15,16). The SMILES string of the molecule is CCCNC(=O)C(C)NC1CCC1C(=O)O. The molecule has 1 aliphatic rings. The fourth-order valence-corrected chi connectivity index (χ4v) is 1.79. The van der Waals surface area contributed by atoms with Crippen LogP contribution < -0.4 is 10.6 Å². The summed E-state index contributed by atoms with van der Waals surface area (Å²) in [4.78, 5) is 22.3. The molecule has 0 aromatic carbocycles. The van der Waals surface area contributed by atoms with Gasteiger partial charge in [-0.1, -0.05) is 6.92 Å². The van der Waals surface area contributed by atoms with Crippen molar-refractivity contribution in [3.8, 4) is 0 Å². The second-order valence-electron chi connectivity index (χ2n) is 4.31. The molecule has 1 rings (SSSR count). The van der Waals surface area contributed by atoms with E-state index in [1.807, 2.05) is 6.92 Å². The van der Waals surface area contributed by atoms with Crippen LogP contribution in [0.25, 0.3) is 0 Å². The molecule has 0 bridgehead atoms. The minimum Gasteiger partial charge on any atom is -0.481 e. The van der Waals surface area contributed by atoms with E-state index in [1.165, 1.54) is 0 Å². The molecule has 5 nitrogen and oxygen atoms in total. The lowest BCUT2D eigenvalue weighted by atomic mass is 9.79. The van der Waals surface area contributed by atoms with Crippen molar-refractivity contribution in [3.05, 3.63) is 0 Å². The van der Waals surface area contributed by atoms with E-state index in [0.29, 0.717) is 13.0 Å². The van der Waals surface area contributed by atoms with Crippen molar-refractivity contribution >= 4 is 11.9 Å². The third-order valence-corrected chi connectivity index (χ3v) is 3.00. The van der Waals surface area contributed by atoms with Gasteiger partial charge in [-0.05, 0) is 26.2 Å². The van der Waals surface area contributed by atoms with Gasteiger partial charge in [-0.15, -0.1) is 0 Å². The van der Waals surface area contributed by atoms with Crippen molar-refractivity contribution in [2.24, 2.45) is 5.92 Å². The van der Waals surface area contributed by atoms with Crippen molar-refractivity contribution in [1.29, 1.82) is 0 Å². The van der Waals surface area contributed by atoms with Gasteiger partial charge in [-0.3, -0.25) is 9.59 Å². The fraction of sp³-hybridized carbons (Fsp3) is 0.818.